The summed E-state index contributed by atoms with van der Waals surface area (Å²) in [5.41, 5.74) is 1.43. The number of aliphatic hydroxyl groups is 1. The Morgan fingerprint density at radius 1 is 1.00 bits per heavy atom. The maximum Gasteiger partial charge on any atom is 0.118 e. The molecule has 116 valence electrons. The van der Waals surface area contributed by atoms with Gasteiger partial charge in [0.25, 0.3) is 0 Å². The molecule has 1 aromatic carbocycles. The molecule has 1 N–H and O–H groups in total. The zero-order chi connectivity index (χ0) is 14.7. The molecule has 1 aromatic rings. The standard InChI is InChI=1S/C18H27NO2/c1-21-16-8-6-14(7-9-16)15-10-12-19(13-11-15)17-4-2-3-5-18(17)20/h6-9,15,17-18,20H,2-5,10-13H2,1H3/t17-,18-/m0/s1. The third-order valence-corrected chi connectivity index (χ3v) is 5.28. The highest BCUT2D eigenvalue weighted by molar-refractivity contribution is 5.29. The molecule has 0 aromatic heterocycles. The number of piperidine rings is 1. The van der Waals surface area contributed by atoms with Gasteiger partial charge in [-0.2, -0.15) is 0 Å². The Labute approximate surface area is 127 Å². The van der Waals surface area contributed by atoms with Gasteiger partial charge in [0, 0.05) is 6.04 Å². The van der Waals surface area contributed by atoms with Gasteiger partial charge >= 0.3 is 0 Å². The first-order valence-electron chi connectivity index (χ1n) is 8.34. The fraction of sp³-hybridized carbons (Fsp3) is 0.667. The Morgan fingerprint density at radius 3 is 2.29 bits per heavy atom. The van der Waals surface area contributed by atoms with E-state index < -0.39 is 0 Å². The van der Waals surface area contributed by atoms with Crippen LogP contribution >= 0.6 is 0 Å². The van der Waals surface area contributed by atoms with E-state index in [1.54, 1.807) is 7.11 Å². The van der Waals surface area contributed by atoms with Crippen LogP contribution in [0.1, 0.15) is 50.0 Å². The molecule has 1 aliphatic heterocycles. The molecule has 0 unspecified atom stereocenters. The Balaban J connectivity index is 1.56. The van der Waals surface area contributed by atoms with Crippen molar-refractivity contribution in [2.75, 3.05) is 20.2 Å². The van der Waals surface area contributed by atoms with E-state index in [0.717, 1.165) is 25.3 Å². The predicted molar refractivity (Wildman–Crippen MR) is 84.8 cm³/mol. The van der Waals surface area contributed by atoms with Crippen LogP contribution in [-0.4, -0.2) is 42.4 Å². The molecule has 0 amide bonds. The number of ether oxygens (including phenoxy) is 1. The Kier molecular flexibility index (Phi) is 4.81. The quantitative estimate of drug-likeness (QED) is 0.927. The fourth-order valence-electron chi connectivity index (χ4n) is 3.96. The van der Waals surface area contributed by atoms with Gasteiger partial charge in [0.15, 0.2) is 0 Å². The van der Waals surface area contributed by atoms with Crippen molar-refractivity contribution in [1.82, 2.24) is 4.90 Å². The van der Waals surface area contributed by atoms with Crippen LogP contribution in [0.25, 0.3) is 0 Å². The van der Waals surface area contributed by atoms with Gasteiger partial charge in [-0.15, -0.1) is 0 Å². The van der Waals surface area contributed by atoms with E-state index in [4.69, 9.17) is 4.74 Å². The number of benzene rings is 1. The molecule has 3 heteroatoms. The van der Waals surface area contributed by atoms with Crippen LogP contribution in [0, 0.1) is 0 Å². The van der Waals surface area contributed by atoms with Crippen molar-refractivity contribution < 1.29 is 9.84 Å². The zero-order valence-corrected chi connectivity index (χ0v) is 13.0. The maximum atomic E-state index is 10.2. The van der Waals surface area contributed by atoms with Crippen molar-refractivity contribution in [2.45, 2.75) is 56.6 Å². The van der Waals surface area contributed by atoms with Gasteiger partial charge in [-0.1, -0.05) is 25.0 Å². The molecule has 2 aliphatic rings. The second-order valence-corrected chi connectivity index (χ2v) is 6.50. The van der Waals surface area contributed by atoms with Crippen molar-refractivity contribution in [1.29, 1.82) is 0 Å². The van der Waals surface area contributed by atoms with E-state index in [0.29, 0.717) is 12.0 Å². The number of hydrogen-bond acceptors (Lipinski definition) is 3. The molecule has 1 heterocycles. The smallest absolute Gasteiger partial charge is 0.118 e. The second kappa shape index (κ2) is 6.80. The van der Waals surface area contributed by atoms with E-state index in [1.165, 1.54) is 37.7 Å². The zero-order valence-electron chi connectivity index (χ0n) is 13.0. The summed E-state index contributed by atoms with van der Waals surface area (Å²) in [6.07, 6.45) is 6.94. The van der Waals surface area contributed by atoms with E-state index in [2.05, 4.69) is 29.2 Å². The van der Waals surface area contributed by atoms with Crippen LogP contribution < -0.4 is 4.74 Å². The predicted octanol–water partition coefficient (Wildman–Crippen LogP) is 3.18. The average Bonchev–Trinajstić information content (AvgIpc) is 2.56. The molecule has 2 atom stereocenters. The van der Waals surface area contributed by atoms with E-state index in [1.807, 2.05) is 0 Å². The molecule has 1 saturated heterocycles. The minimum atomic E-state index is -0.101. The SMILES string of the molecule is COc1ccc(C2CCN([C@H]3CCCC[C@@H]3O)CC2)cc1. The van der Waals surface area contributed by atoms with Crippen molar-refractivity contribution in [3.63, 3.8) is 0 Å². The van der Waals surface area contributed by atoms with Crippen LogP contribution in [0.5, 0.6) is 5.75 Å². The van der Waals surface area contributed by atoms with Gasteiger partial charge in [-0.25, -0.2) is 0 Å². The number of likely N-dealkylation sites (tertiary alicyclic amines) is 1. The number of methoxy groups -OCH3 is 1. The highest BCUT2D eigenvalue weighted by Gasteiger charge is 2.31. The van der Waals surface area contributed by atoms with Crippen molar-refractivity contribution in [3.8, 4) is 5.75 Å². The minimum Gasteiger partial charge on any atom is -0.497 e. The van der Waals surface area contributed by atoms with E-state index in [-0.39, 0.29) is 6.10 Å². The molecule has 3 nitrogen and oxygen atoms in total. The molecule has 0 spiro atoms. The number of nitrogens with zero attached hydrogens (tertiary/aromatic N) is 1. The van der Waals surface area contributed by atoms with E-state index >= 15 is 0 Å². The molecular weight excluding hydrogens is 262 g/mol. The number of hydrogen-bond donors (Lipinski definition) is 1. The molecule has 21 heavy (non-hydrogen) atoms. The lowest BCUT2D eigenvalue weighted by molar-refractivity contribution is 0.00870. The van der Waals surface area contributed by atoms with Crippen LogP contribution in [0.3, 0.4) is 0 Å². The Hall–Kier alpha value is -1.06. The summed E-state index contributed by atoms with van der Waals surface area (Å²) in [4.78, 5) is 2.53. The number of aliphatic hydroxyl groups excluding tert-OH is 1. The third-order valence-electron chi connectivity index (χ3n) is 5.28. The second-order valence-electron chi connectivity index (χ2n) is 6.50. The van der Waals surface area contributed by atoms with Crippen LogP contribution in [0.4, 0.5) is 0 Å². The molecular formula is C18H27NO2. The lowest BCUT2D eigenvalue weighted by Crippen LogP contribution is -2.48. The van der Waals surface area contributed by atoms with Gasteiger partial charge in [0.05, 0.1) is 13.2 Å². The largest absolute Gasteiger partial charge is 0.497 e. The average molecular weight is 289 g/mol. The van der Waals surface area contributed by atoms with Crippen LogP contribution in [-0.2, 0) is 0 Å². The van der Waals surface area contributed by atoms with Crippen LogP contribution in [0.2, 0.25) is 0 Å². The minimum absolute atomic E-state index is 0.101. The first kappa shape index (κ1) is 14.9. The fourth-order valence-corrected chi connectivity index (χ4v) is 3.96. The first-order chi connectivity index (χ1) is 10.3. The van der Waals surface area contributed by atoms with Crippen molar-refractivity contribution >= 4 is 0 Å². The van der Waals surface area contributed by atoms with Crippen molar-refractivity contribution in [2.24, 2.45) is 0 Å². The summed E-state index contributed by atoms with van der Waals surface area (Å²) in [5.74, 6) is 1.59. The van der Waals surface area contributed by atoms with Crippen LogP contribution in [0.15, 0.2) is 24.3 Å². The van der Waals surface area contributed by atoms with Gasteiger partial charge < -0.3 is 9.84 Å². The normalized spacial score (nSPS) is 28.5. The molecule has 3 rings (SSSR count). The molecule has 1 saturated carbocycles. The topological polar surface area (TPSA) is 32.7 Å². The highest BCUT2D eigenvalue weighted by atomic mass is 16.5. The first-order valence-corrected chi connectivity index (χ1v) is 8.34. The van der Waals surface area contributed by atoms with Gasteiger partial charge in [-0.05, 0) is 62.4 Å². The summed E-state index contributed by atoms with van der Waals surface area (Å²) >= 11 is 0. The third kappa shape index (κ3) is 3.41. The summed E-state index contributed by atoms with van der Waals surface area (Å²) in [6.45, 7) is 2.25. The molecule has 0 bridgehead atoms. The number of rotatable bonds is 3. The Morgan fingerprint density at radius 2 is 1.67 bits per heavy atom. The Bertz CT molecular complexity index is 437. The van der Waals surface area contributed by atoms with Gasteiger partial charge in [0.1, 0.15) is 5.75 Å². The summed E-state index contributed by atoms with van der Waals surface area (Å²) < 4.78 is 5.23. The molecule has 0 radical (unpaired) electrons. The molecule has 1 aliphatic carbocycles. The monoisotopic (exact) mass is 289 g/mol. The lowest BCUT2D eigenvalue weighted by atomic mass is 9.86. The van der Waals surface area contributed by atoms with Crippen molar-refractivity contribution in [3.05, 3.63) is 29.8 Å². The summed E-state index contributed by atoms with van der Waals surface area (Å²) in [7, 11) is 1.71. The highest BCUT2D eigenvalue weighted by Crippen LogP contribution is 2.32. The molecule has 2 fully saturated rings. The van der Waals surface area contributed by atoms with Gasteiger partial charge in [-0.3, -0.25) is 4.90 Å². The summed E-state index contributed by atoms with van der Waals surface area (Å²) in [6, 6.07) is 8.94. The van der Waals surface area contributed by atoms with E-state index in [9.17, 15) is 5.11 Å². The maximum absolute atomic E-state index is 10.2. The lowest BCUT2D eigenvalue weighted by Gasteiger charge is -2.41. The summed E-state index contributed by atoms with van der Waals surface area (Å²) in [5, 5.41) is 10.2. The van der Waals surface area contributed by atoms with Gasteiger partial charge in [0.2, 0.25) is 0 Å².